The summed E-state index contributed by atoms with van der Waals surface area (Å²) in [7, 11) is 0. The van der Waals surface area contributed by atoms with Crippen molar-refractivity contribution in [1.29, 1.82) is 0 Å². The summed E-state index contributed by atoms with van der Waals surface area (Å²) in [4.78, 5) is 17.4. The zero-order chi connectivity index (χ0) is 21.8. The average Bonchev–Trinajstić information content (AvgIpc) is 3.45. The van der Waals surface area contributed by atoms with Crippen LogP contribution < -0.4 is 16.2 Å². The van der Waals surface area contributed by atoms with Gasteiger partial charge in [0.25, 0.3) is 5.91 Å². The minimum atomic E-state index is -0.509. The fourth-order valence-corrected chi connectivity index (χ4v) is 4.65. The molecule has 2 aromatic carbocycles. The Kier molecular flexibility index (Phi) is 6.52. The maximum atomic E-state index is 15.0. The maximum Gasteiger partial charge on any atom is 0.257 e. The second-order valence-electron chi connectivity index (χ2n) is 8.46. The summed E-state index contributed by atoms with van der Waals surface area (Å²) in [5.74, 6) is -0.721. The van der Waals surface area contributed by atoms with Crippen LogP contribution in [0.25, 0.3) is 18.2 Å². The standard InChI is InChI=1S/C26H30FN3O/c1-19-7-2-3-8-20(19)15-22(17-28)21-10-11-24(25(27)16-21)26(31)30-14-6-9-23(30)18-29-12-4-5-13-29/h2-3,7-8,10-11,15-17,23H,1,4-6,9,12-14,18,28H2/b20-15-,22-17+. The van der Waals surface area contributed by atoms with Crippen molar-refractivity contribution in [3.8, 4) is 0 Å². The topological polar surface area (TPSA) is 49.6 Å². The van der Waals surface area contributed by atoms with Gasteiger partial charge in [0.2, 0.25) is 0 Å². The number of benzene rings is 2. The van der Waals surface area contributed by atoms with Gasteiger partial charge in [0.05, 0.1) is 5.56 Å². The summed E-state index contributed by atoms with van der Waals surface area (Å²) in [6.45, 7) is 7.81. The number of hydrogen-bond donors (Lipinski definition) is 1. The van der Waals surface area contributed by atoms with E-state index >= 15 is 4.39 Å². The van der Waals surface area contributed by atoms with Crippen molar-refractivity contribution in [2.75, 3.05) is 26.2 Å². The molecular formula is C26H30FN3O. The Labute approximate surface area is 183 Å². The number of amides is 1. The first kappa shape index (κ1) is 21.3. The highest BCUT2D eigenvalue weighted by Crippen LogP contribution is 2.25. The molecule has 162 valence electrons. The Morgan fingerprint density at radius 2 is 1.90 bits per heavy atom. The Morgan fingerprint density at radius 1 is 1.13 bits per heavy atom. The fourth-order valence-electron chi connectivity index (χ4n) is 4.65. The van der Waals surface area contributed by atoms with Gasteiger partial charge < -0.3 is 15.5 Å². The lowest BCUT2D eigenvalue weighted by molar-refractivity contribution is 0.0704. The molecule has 4 rings (SSSR count). The number of halogens is 1. The molecule has 0 radical (unpaired) electrons. The SMILES string of the molecule is C=c1cccc/c1=C/C(=C\N)c1ccc(C(=O)N2CCCC2CN2CCCC2)c(F)c1. The summed E-state index contributed by atoms with van der Waals surface area (Å²) in [6, 6.07) is 12.6. The third-order valence-electron chi connectivity index (χ3n) is 6.38. The van der Waals surface area contributed by atoms with E-state index in [0.29, 0.717) is 17.7 Å². The molecular weight excluding hydrogens is 389 g/mol. The second-order valence-corrected chi connectivity index (χ2v) is 8.46. The molecule has 0 bridgehead atoms. The maximum absolute atomic E-state index is 15.0. The van der Waals surface area contributed by atoms with E-state index in [4.69, 9.17) is 5.73 Å². The lowest BCUT2D eigenvalue weighted by atomic mass is 10.0. The fraction of sp³-hybridized carbons (Fsp3) is 0.346. The Hall–Kier alpha value is -2.92. The third-order valence-corrected chi connectivity index (χ3v) is 6.38. The molecule has 1 atom stereocenters. The van der Waals surface area contributed by atoms with Crippen LogP contribution in [-0.4, -0.2) is 47.9 Å². The van der Waals surface area contributed by atoms with Crippen molar-refractivity contribution in [1.82, 2.24) is 9.80 Å². The van der Waals surface area contributed by atoms with Crippen molar-refractivity contribution in [3.05, 3.63) is 76.0 Å². The van der Waals surface area contributed by atoms with E-state index in [1.54, 1.807) is 12.1 Å². The number of nitrogens with zero attached hydrogens (tertiary/aromatic N) is 2. The third kappa shape index (κ3) is 4.72. The molecule has 31 heavy (non-hydrogen) atoms. The van der Waals surface area contributed by atoms with E-state index < -0.39 is 5.82 Å². The normalized spacial score (nSPS) is 20.5. The van der Waals surface area contributed by atoms with Gasteiger partial charge in [-0.1, -0.05) is 36.9 Å². The van der Waals surface area contributed by atoms with Gasteiger partial charge in [-0.3, -0.25) is 4.79 Å². The molecule has 5 heteroatoms. The van der Waals surface area contributed by atoms with E-state index in [0.717, 1.165) is 42.9 Å². The first-order valence-electron chi connectivity index (χ1n) is 11.1. The van der Waals surface area contributed by atoms with Crippen LogP contribution in [0.5, 0.6) is 0 Å². The van der Waals surface area contributed by atoms with Gasteiger partial charge in [0.1, 0.15) is 5.82 Å². The molecule has 2 N–H and O–H groups in total. The quantitative estimate of drug-likeness (QED) is 0.811. The lowest BCUT2D eigenvalue weighted by Gasteiger charge is -2.28. The Bertz CT molecular complexity index is 1090. The van der Waals surface area contributed by atoms with E-state index in [1.807, 2.05) is 35.2 Å². The van der Waals surface area contributed by atoms with Gasteiger partial charge in [-0.25, -0.2) is 4.39 Å². The summed E-state index contributed by atoms with van der Waals surface area (Å²) in [5, 5.41) is 1.79. The van der Waals surface area contributed by atoms with Gasteiger partial charge in [-0.05, 0) is 78.6 Å². The highest BCUT2D eigenvalue weighted by atomic mass is 19.1. The number of rotatable bonds is 5. The van der Waals surface area contributed by atoms with E-state index in [-0.39, 0.29) is 17.5 Å². The first-order valence-corrected chi connectivity index (χ1v) is 11.1. The van der Waals surface area contributed by atoms with Crippen LogP contribution >= 0.6 is 0 Å². The minimum Gasteiger partial charge on any atom is -0.404 e. The summed E-state index contributed by atoms with van der Waals surface area (Å²) in [6.07, 6.45) is 7.75. The number of carbonyl (C=O) groups excluding carboxylic acids is 1. The van der Waals surface area contributed by atoms with Gasteiger partial charge in [-0.15, -0.1) is 0 Å². The lowest BCUT2D eigenvalue weighted by Crippen LogP contribution is -2.42. The minimum absolute atomic E-state index is 0.131. The molecule has 0 saturated carbocycles. The molecule has 4 nitrogen and oxygen atoms in total. The smallest absolute Gasteiger partial charge is 0.257 e. The van der Waals surface area contributed by atoms with Crippen LogP contribution in [0.3, 0.4) is 0 Å². The molecule has 2 saturated heterocycles. The molecule has 1 unspecified atom stereocenters. The van der Waals surface area contributed by atoms with Crippen LogP contribution in [0.15, 0.2) is 48.7 Å². The molecule has 0 aromatic heterocycles. The number of allylic oxidation sites excluding steroid dienone is 1. The summed E-state index contributed by atoms with van der Waals surface area (Å²) in [5.41, 5.74) is 7.28. The number of nitrogens with two attached hydrogens (primary N) is 1. The van der Waals surface area contributed by atoms with Crippen molar-refractivity contribution >= 4 is 24.1 Å². The molecule has 2 aliphatic heterocycles. The summed E-state index contributed by atoms with van der Waals surface area (Å²) >= 11 is 0. The largest absolute Gasteiger partial charge is 0.404 e. The van der Waals surface area contributed by atoms with Crippen molar-refractivity contribution in [2.45, 2.75) is 31.7 Å². The van der Waals surface area contributed by atoms with Crippen LogP contribution in [0.4, 0.5) is 4.39 Å². The van der Waals surface area contributed by atoms with Crippen LogP contribution in [-0.2, 0) is 0 Å². The van der Waals surface area contributed by atoms with Crippen molar-refractivity contribution in [3.63, 3.8) is 0 Å². The van der Waals surface area contributed by atoms with Crippen molar-refractivity contribution < 1.29 is 9.18 Å². The zero-order valence-corrected chi connectivity index (χ0v) is 17.9. The van der Waals surface area contributed by atoms with Gasteiger partial charge >= 0.3 is 0 Å². The van der Waals surface area contributed by atoms with Gasteiger partial charge in [-0.2, -0.15) is 0 Å². The highest BCUT2D eigenvalue weighted by molar-refractivity contribution is 5.96. The molecule has 2 aliphatic rings. The van der Waals surface area contributed by atoms with E-state index in [2.05, 4.69) is 11.5 Å². The molecule has 2 fully saturated rings. The van der Waals surface area contributed by atoms with Crippen molar-refractivity contribution in [2.24, 2.45) is 5.73 Å². The average molecular weight is 420 g/mol. The van der Waals surface area contributed by atoms with Crippen LogP contribution in [0, 0.1) is 5.82 Å². The number of likely N-dealkylation sites (tertiary alicyclic amines) is 2. The number of carbonyl (C=O) groups is 1. The monoisotopic (exact) mass is 419 g/mol. The molecule has 2 aromatic rings. The molecule has 1 amide bonds. The van der Waals surface area contributed by atoms with Crippen LogP contribution in [0.1, 0.15) is 41.6 Å². The summed E-state index contributed by atoms with van der Waals surface area (Å²) < 4.78 is 15.0. The Morgan fingerprint density at radius 3 is 2.61 bits per heavy atom. The predicted molar refractivity (Wildman–Crippen MR) is 124 cm³/mol. The van der Waals surface area contributed by atoms with Crippen LogP contribution in [0.2, 0.25) is 0 Å². The van der Waals surface area contributed by atoms with E-state index in [1.165, 1.54) is 25.1 Å². The van der Waals surface area contributed by atoms with Gasteiger partial charge in [0.15, 0.2) is 0 Å². The molecule has 2 heterocycles. The van der Waals surface area contributed by atoms with E-state index in [9.17, 15) is 4.79 Å². The first-order chi connectivity index (χ1) is 15.1. The number of hydrogen-bond acceptors (Lipinski definition) is 3. The van der Waals surface area contributed by atoms with Gasteiger partial charge in [0, 0.05) is 25.3 Å². The highest BCUT2D eigenvalue weighted by Gasteiger charge is 2.32. The second kappa shape index (κ2) is 9.48. The Balaban J connectivity index is 1.55. The molecule has 0 aliphatic carbocycles. The molecule has 0 spiro atoms. The predicted octanol–water partition coefficient (Wildman–Crippen LogP) is 2.72. The zero-order valence-electron chi connectivity index (χ0n) is 17.9.